The third-order valence-corrected chi connectivity index (χ3v) is 11.6. The summed E-state index contributed by atoms with van der Waals surface area (Å²) in [4.78, 5) is 17.7. The zero-order chi connectivity index (χ0) is 37.4. The van der Waals surface area contributed by atoms with Gasteiger partial charge >= 0.3 is 0 Å². The number of nitrogens with one attached hydrogen (secondary N) is 1. The maximum absolute atomic E-state index is 5.33. The van der Waals surface area contributed by atoms with E-state index in [9.17, 15) is 0 Å². The molecular formula is C47H54N6. The molecule has 0 saturated carbocycles. The van der Waals surface area contributed by atoms with Crippen LogP contribution in [0.15, 0.2) is 109 Å². The van der Waals surface area contributed by atoms with Crippen LogP contribution in [0.25, 0.3) is 17.5 Å². The molecule has 53 heavy (non-hydrogen) atoms. The zero-order valence-electron chi connectivity index (χ0n) is 32.9. The minimum absolute atomic E-state index is 0.131. The van der Waals surface area contributed by atoms with Crippen LogP contribution in [0.5, 0.6) is 0 Å². The van der Waals surface area contributed by atoms with Gasteiger partial charge in [0.25, 0.3) is 0 Å². The minimum Gasteiger partial charge on any atom is -0.380 e. The van der Waals surface area contributed by atoms with E-state index in [-0.39, 0.29) is 17.7 Å². The van der Waals surface area contributed by atoms with Crippen molar-refractivity contribution >= 4 is 29.0 Å². The Labute approximate surface area is 316 Å². The molecule has 2 unspecified atom stereocenters. The fraction of sp³-hybridized carbons (Fsp3) is 0.319. The van der Waals surface area contributed by atoms with Gasteiger partial charge in [0, 0.05) is 36.4 Å². The molecule has 0 bridgehead atoms. The third kappa shape index (κ3) is 6.28. The number of hydrogen-bond acceptors (Lipinski definition) is 6. The van der Waals surface area contributed by atoms with Crippen LogP contribution in [-0.2, 0) is 0 Å². The van der Waals surface area contributed by atoms with E-state index in [1.165, 1.54) is 44.6 Å². The van der Waals surface area contributed by atoms with Crippen molar-refractivity contribution < 1.29 is 0 Å². The number of aromatic nitrogens is 2. The highest BCUT2D eigenvalue weighted by molar-refractivity contribution is 5.86. The van der Waals surface area contributed by atoms with E-state index in [2.05, 4.69) is 186 Å². The Morgan fingerprint density at radius 1 is 0.755 bits per heavy atom. The molecule has 2 atom stereocenters. The molecule has 272 valence electrons. The molecule has 7 rings (SSSR count). The van der Waals surface area contributed by atoms with E-state index >= 15 is 0 Å². The monoisotopic (exact) mass is 702 g/mol. The van der Waals surface area contributed by atoms with Crippen molar-refractivity contribution in [2.45, 2.75) is 92.4 Å². The lowest BCUT2D eigenvalue weighted by Crippen LogP contribution is -2.53. The normalized spacial score (nSPS) is 19.6. The predicted molar refractivity (Wildman–Crippen MR) is 224 cm³/mol. The summed E-state index contributed by atoms with van der Waals surface area (Å²) in [6.07, 6.45) is 11.6. The summed E-state index contributed by atoms with van der Waals surface area (Å²) >= 11 is 0. The smallest absolute Gasteiger partial charge is 0.161 e. The van der Waals surface area contributed by atoms with E-state index in [4.69, 9.17) is 9.97 Å². The first-order valence-corrected chi connectivity index (χ1v) is 19.2. The summed E-state index contributed by atoms with van der Waals surface area (Å²) < 4.78 is 0. The summed E-state index contributed by atoms with van der Waals surface area (Å²) in [5, 5.41) is 4.05. The van der Waals surface area contributed by atoms with Gasteiger partial charge in [0.15, 0.2) is 11.6 Å². The number of para-hydroxylation sites is 1. The number of hydrogen-bond donors (Lipinski definition) is 1. The average Bonchev–Trinajstić information content (AvgIpc) is 3.43. The van der Waals surface area contributed by atoms with E-state index in [0.29, 0.717) is 0 Å². The van der Waals surface area contributed by atoms with Crippen LogP contribution in [0, 0.1) is 34.6 Å². The first kappa shape index (κ1) is 36.0. The largest absolute Gasteiger partial charge is 0.380 e. The van der Waals surface area contributed by atoms with Crippen molar-refractivity contribution in [3.05, 3.63) is 148 Å². The van der Waals surface area contributed by atoms with Crippen LogP contribution >= 0.6 is 0 Å². The fourth-order valence-corrected chi connectivity index (χ4v) is 8.89. The van der Waals surface area contributed by atoms with Crippen LogP contribution in [0.4, 0.5) is 22.9 Å². The Morgan fingerprint density at radius 3 is 2.09 bits per heavy atom. The van der Waals surface area contributed by atoms with E-state index in [1.54, 1.807) is 0 Å². The van der Waals surface area contributed by atoms with E-state index in [0.717, 1.165) is 53.4 Å². The van der Waals surface area contributed by atoms with Gasteiger partial charge in [-0.1, -0.05) is 105 Å². The van der Waals surface area contributed by atoms with Gasteiger partial charge in [-0.2, -0.15) is 0 Å². The minimum atomic E-state index is -0.375. The molecule has 6 heteroatoms. The molecule has 0 spiro atoms. The van der Waals surface area contributed by atoms with Gasteiger partial charge in [-0.05, 0) is 105 Å². The number of aryl methyl sites for hydroxylation is 5. The molecule has 2 aliphatic rings. The summed E-state index contributed by atoms with van der Waals surface area (Å²) in [5.74, 6) is 1.67. The topological polar surface area (TPSA) is 47.5 Å². The molecule has 0 amide bonds. The molecule has 4 aromatic carbocycles. The first-order valence-electron chi connectivity index (χ1n) is 19.2. The van der Waals surface area contributed by atoms with Gasteiger partial charge in [0.1, 0.15) is 11.9 Å². The van der Waals surface area contributed by atoms with Crippen molar-refractivity contribution in [2.75, 3.05) is 21.7 Å². The zero-order valence-corrected chi connectivity index (χ0v) is 32.9. The molecule has 0 radical (unpaired) electrons. The molecule has 3 heterocycles. The molecule has 1 aromatic heterocycles. The average molecular weight is 703 g/mol. The lowest BCUT2D eigenvalue weighted by Gasteiger charge is -2.44. The standard InChI is InChI=1S/C47H54N6/c1-10-40-38-23-17-15-21-36(38)29-39(47(11-2,12-3)49-25-26-52(40)43-34(7)27-31(4)28-35(43)8)46-51(9)45-42(53(46)41-24-18-14-20-33(41)6)30-48-44(50-45)37-22-16-13-19-32(37)5/h13-30,40,46,49H,10-12H2,1-9H3/b26-25-,39-29-. The Hall–Kier alpha value is -5.36. The number of fused-ring (bicyclic) bond motifs is 2. The van der Waals surface area contributed by atoms with Gasteiger partial charge in [-0.3, -0.25) is 0 Å². The highest BCUT2D eigenvalue weighted by atomic mass is 15.4. The summed E-state index contributed by atoms with van der Waals surface area (Å²) in [7, 11) is 2.20. The predicted octanol–water partition coefficient (Wildman–Crippen LogP) is 11.3. The Bertz CT molecular complexity index is 2170. The van der Waals surface area contributed by atoms with Crippen molar-refractivity contribution in [2.24, 2.45) is 0 Å². The SMILES string of the molecule is CCC1c2ccccc2/C=C(/C2N(C)c3nc(-c4ccccc4C)ncc3N2c2ccccc2C)C(CC)(CC)N/C=C\N1c1c(C)cc(C)cc1C. The molecule has 0 aliphatic carbocycles. The Balaban J connectivity index is 1.47. The maximum atomic E-state index is 5.33. The van der Waals surface area contributed by atoms with Gasteiger partial charge in [-0.25, -0.2) is 9.97 Å². The number of nitrogens with zero attached hydrogens (tertiary/aromatic N) is 5. The number of benzene rings is 4. The molecule has 0 saturated heterocycles. The van der Waals surface area contributed by atoms with Gasteiger partial charge in [-0.15, -0.1) is 0 Å². The van der Waals surface area contributed by atoms with Gasteiger partial charge < -0.3 is 20.0 Å². The lowest BCUT2D eigenvalue weighted by molar-refractivity contribution is 0.380. The lowest BCUT2D eigenvalue weighted by atomic mass is 9.79. The van der Waals surface area contributed by atoms with Crippen molar-refractivity contribution in [3.63, 3.8) is 0 Å². The van der Waals surface area contributed by atoms with Crippen molar-refractivity contribution in [1.82, 2.24) is 15.3 Å². The first-order chi connectivity index (χ1) is 25.6. The van der Waals surface area contributed by atoms with Crippen LogP contribution in [0.1, 0.15) is 85.0 Å². The molecule has 5 aromatic rings. The molecule has 1 N–H and O–H groups in total. The summed E-state index contributed by atoms with van der Waals surface area (Å²) in [6.45, 7) is 17.9. The second kappa shape index (κ2) is 14.6. The fourth-order valence-electron chi connectivity index (χ4n) is 8.89. The number of likely N-dealkylation sites (N-methyl/N-ethyl adjacent to an activating group) is 1. The molecular weight excluding hydrogens is 649 g/mol. The summed E-state index contributed by atoms with van der Waals surface area (Å²) in [6, 6.07) is 30.8. The second-order valence-corrected chi connectivity index (χ2v) is 14.9. The van der Waals surface area contributed by atoms with Gasteiger partial charge in [0.05, 0.1) is 17.8 Å². The van der Waals surface area contributed by atoms with Crippen LogP contribution < -0.4 is 20.0 Å². The third-order valence-electron chi connectivity index (χ3n) is 11.6. The molecule has 6 nitrogen and oxygen atoms in total. The number of anilines is 4. The maximum Gasteiger partial charge on any atom is 0.161 e. The van der Waals surface area contributed by atoms with Crippen molar-refractivity contribution in [1.29, 1.82) is 0 Å². The molecule has 0 fully saturated rings. The number of rotatable bonds is 7. The quantitative estimate of drug-likeness (QED) is 0.182. The van der Waals surface area contributed by atoms with Crippen LogP contribution in [0.2, 0.25) is 0 Å². The highest BCUT2D eigenvalue weighted by Gasteiger charge is 2.46. The Kier molecular flexibility index (Phi) is 9.91. The van der Waals surface area contributed by atoms with Crippen molar-refractivity contribution in [3.8, 4) is 11.4 Å². The van der Waals surface area contributed by atoms with E-state index in [1.807, 2.05) is 6.20 Å². The molecule has 2 aliphatic heterocycles. The Morgan fingerprint density at radius 2 is 1.42 bits per heavy atom. The van der Waals surface area contributed by atoms with Crippen LogP contribution in [0.3, 0.4) is 0 Å². The van der Waals surface area contributed by atoms with Crippen LogP contribution in [-0.4, -0.2) is 28.7 Å². The highest BCUT2D eigenvalue weighted by Crippen LogP contribution is 2.49. The second-order valence-electron chi connectivity index (χ2n) is 14.9. The van der Waals surface area contributed by atoms with E-state index < -0.39 is 0 Å². The van der Waals surface area contributed by atoms with Gasteiger partial charge in [0.2, 0.25) is 0 Å². The summed E-state index contributed by atoms with van der Waals surface area (Å²) in [5.41, 5.74) is 14.2.